The molecule has 80 valence electrons. The summed E-state index contributed by atoms with van der Waals surface area (Å²) in [5.74, 6) is -0.221. The van der Waals surface area contributed by atoms with Gasteiger partial charge in [-0.3, -0.25) is 10.2 Å². The molecule has 4 nitrogen and oxygen atoms in total. The SMILES string of the molecule is N=C(N)c1ccc(-c2ccccc2)[nH]c1=O. The Morgan fingerprint density at radius 3 is 2.38 bits per heavy atom. The Morgan fingerprint density at radius 1 is 1.12 bits per heavy atom. The Kier molecular flexibility index (Phi) is 2.55. The van der Waals surface area contributed by atoms with Crippen molar-refractivity contribution in [2.24, 2.45) is 5.73 Å². The molecule has 0 aliphatic rings. The van der Waals surface area contributed by atoms with Crippen LogP contribution < -0.4 is 11.3 Å². The molecule has 0 spiro atoms. The van der Waals surface area contributed by atoms with Crippen LogP contribution in [0.15, 0.2) is 47.3 Å². The van der Waals surface area contributed by atoms with Gasteiger partial charge in [-0.05, 0) is 17.7 Å². The van der Waals surface area contributed by atoms with Crippen molar-refractivity contribution >= 4 is 5.84 Å². The predicted octanol–water partition coefficient (Wildman–Crippen LogP) is 1.33. The average molecular weight is 213 g/mol. The summed E-state index contributed by atoms with van der Waals surface area (Å²) in [6.07, 6.45) is 0. The first kappa shape index (κ1) is 10.2. The number of nitrogens with one attached hydrogen (secondary N) is 2. The van der Waals surface area contributed by atoms with E-state index in [-0.39, 0.29) is 17.0 Å². The van der Waals surface area contributed by atoms with Gasteiger partial charge in [-0.15, -0.1) is 0 Å². The summed E-state index contributed by atoms with van der Waals surface area (Å²) in [5, 5.41) is 7.21. The molecule has 1 aromatic heterocycles. The fourth-order valence-corrected chi connectivity index (χ4v) is 1.47. The van der Waals surface area contributed by atoms with E-state index in [0.717, 1.165) is 11.3 Å². The minimum Gasteiger partial charge on any atom is -0.384 e. The second-order valence-electron chi connectivity index (χ2n) is 3.39. The number of nitrogens with two attached hydrogens (primary N) is 1. The number of benzene rings is 1. The molecule has 1 heterocycles. The third-order valence-electron chi connectivity index (χ3n) is 2.28. The van der Waals surface area contributed by atoms with Crippen molar-refractivity contribution in [3.05, 3.63) is 58.4 Å². The van der Waals surface area contributed by atoms with E-state index < -0.39 is 0 Å². The molecule has 4 heteroatoms. The third kappa shape index (κ3) is 1.86. The maximum Gasteiger partial charge on any atom is 0.259 e. The summed E-state index contributed by atoms with van der Waals surface area (Å²) in [4.78, 5) is 14.3. The van der Waals surface area contributed by atoms with Gasteiger partial charge in [-0.2, -0.15) is 0 Å². The van der Waals surface area contributed by atoms with Crippen molar-refractivity contribution < 1.29 is 0 Å². The molecular formula is C12H11N3O. The monoisotopic (exact) mass is 213 g/mol. The van der Waals surface area contributed by atoms with Crippen LogP contribution in [0.3, 0.4) is 0 Å². The molecule has 16 heavy (non-hydrogen) atoms. The highest BCUT2D eigenvalue weighted by Gasteiger charge is 2.04. The molecule has 0 bridgehead atoms. The van der Waals surface area contributed by atoms with E-state index in [1.807, 2.05) is 30.3 Å². The van der Waals surface area contributed by atoms with Crippen LogP contribution in [-0.2, 0) is 0 Å². The molecule has 0 fully saturated rings. The number of hydrogen-bond donors (Lipinski definition) is 3. The molecular weight excluding hydrogens is 202 g/mol. The smallest absolute Gasteiger partial charge is 0.259 e. The fraction of sp³-hybridized carbons (Fsp3) is 0. The summed E-state index contributed by atoms with van der Waals surface area (Å²) in [5.41, 5.74) is 6.77. The average Bonchev–Trinajstić information content (AvgIpc) is 2.29. The van der Waals surface area contributed by atoms with Crippen LogP contribution in [0.5, 0.6) is 0 Å². The van der Waals surface area contributed by atoms with Crippen molar-refractivity contribution in [3.63, 3.8) is 0 Å². The topological polar surface area (TPSA) is 82.7 Å². The molecule has 0 aliphatic heterocycles. The van der Waals surface area contributed by atoms with Crippen LogP contribution in [0.2, 0.25) is 0 Å². The highest BCUT2D eigenvalue weighted by Crippen LogP contribution is 2.14. The normalized spacial score (nSPS) is 10.0. The molecule has 0 atom stereocenters. The largest absolute Gasteiger partial charge is 0.384 e. The zero-order chi connectivity index (χ0) is 11.5. The van der Waals surface area contributed by atoms with E-state index in [0.29, 0.717) is 0 Å². The maximum absolute atomic E-state index is 11.6. The first-order chi connectivity index (χ1) is 7.68. The first-order valence-electron chi connectivity index (χ1n) is 4.81. The standard InChI is InChI=1S/C12H11N3O/c13-11(14)9-6-7-10(15-12(9)16)8-4-2-1-3-5-8/h1-7H,(H3,13,14)(H,15,16). The number of aromatic amines is 1. The number of nitrogen functional groups attached to an aromatic ring is 1. The molecule has 0 saturated heterocycles. The number of aromatic nitrogens is 1. The number of hydrogen-bond acceptors (Lipinski definition) is 2. The summed E-state index contributed by atoms with van der Waals surface area (Å²) < 4.78 is 0. The first-order valence-corrected chi connectivity index (χ1v) is 4.81. The second-order valence-corrected chi connectivity index (χ2v) is 3.39. The number of amidine groups is 1. The molecule has 0 unspecified atom stereocenters. The fourth-order valence-electron chi connectivity index (χ4n) is 1.47. The van der Waals surface area contributed by atoms with Crippen LogP contribution in [0, 0.1) is 5.41 Å². The molecule has 2 aromatic rings. The second kappa shape index (κ2) is 4.02. The quantitative estimate of drug-likeness (QED) is 0.519. The van der Waals surface area contributed by atoms with Crippen LogP contribution in [-0.4, -0.2) is 10.8 Å². The Morgan fingerprint density at radius 2 is 1.81 bits per heavy atom. The van der Waals surface area contributed by atoms with Gasteiger partial charge in [-0.1, -0.05) is 30.3 Å². The Balaban J connectivity index is 2.51. The van der Waals surface area contributed by atoms with Crippen molar-refractivity contribution in [1.82, 2.24) is 4.98 Å². The van der Waals surface area contributed by atoms with Crippen molar-refractivity contribution in [1.29, 1.82) is 5.41 Å². The van der Waals surface area contributed by atoms with Gasteiger partial charge in [0.2, 0.25) is 0 Å². The van der Waals surface area contributed by atoms with E-state index in [2.05, 4.69) is 4.98 Å². The van der Waals surface area contributed by atoms with Crippen LogP contribution >= 0.6 is 0 Å². The number of H-pyrrole nitrogens is 1. The Bertz CT molecular complexity index is 572. The van der Waals surface area contributed by atoms with Gasteiger partial charge in [0.05, 0.1) is 5.56 Å². The summed E-state index contributed by atoms with van der Waals surface area (Å²) in [6, 6.07) is 12.8. The maximum atomic E-state index is 11.6. The Labute approximate surface area is 92.3 Å². The molecule has 2 rings (SSSR count). The van der Waals surface area contributed by atoms with E-state index in [4.69, 9.17) is 11.1 Å². The zero-order valence-corrected chi connectivity index (χ0v) is 8.53. The molecule has 0 saturated carbocycles. The summed E-state index contributed by atoms with van der Waals surface area (Å²) in [6.45, 7) is 0. The molecule has 0 radical (unpaired) electrons. The van der Waals surface area contributed by atoms with Crippen LogP contribution in [0.1, 0.15) is 5.56 Å². The molecule has 0 aliphatic carbocycles. The lowest BCUT2D eigenvalue weighted by atomic mass is 10.1. The van der Waals surface area contributed by atoms with E-state index in [9.17, 15) is 4.79 Å². The predicted molar refractivity (Wildman–Crippen MR) is 63.5 cm³/mol. The summed E-state index contributed by atoms with van der Waals surface area (Å²) >= 11 is 0. The van der Waals surface area contributed by atoms with Crippen molar-refractivity contribution in [3.8, 4) is 11.3 Å². The third-order valence-corrected chi connectivity index (χ3v) is 2.28. The van der Waals surface area contributed by atoms with Gasteiger partial charge in [-0.25, -0.2) is 0 Å². The molecule has 4 N–H and O–H groups in total. The van der Waals surface area contributed by atoms with Crippen molar-refractivity contribution in [2.45, 2.75) is 0 Å². The van der Waals surface area contributed by atoms with Crippen LogP contribution in [0.4, 0.5) is 0 Å². The van der Waals surface area contributed by atoms with Crippen molar-refractivity contribution in [2.75, 3.05) is 0 Å². The lowest BCUT2D eigenvalue weighted by molar-refractivity contribution is 1.21. The van der Waals surface area contributed by atoms with Gasteiger partial charge in [0.15, 0.2) is 0 Å². The lowest BCUT2D eigenvalue weighted by Crippen LogP contribution is -2.23. The number of pyridine rings is 1. The molecule has 0 amide bonds. The van der Waals surface area contributed by atoms with E-state index in [1.54, 1.807) is 12.1 Å². The minimum absolute atomic E-state index is 0.194. The van der Waals surface area contributed by atoms with E-state index >= 15 is 0 Å². The van der Waals surface area contributed by atoms with E-state index in [1.165, 1.54) is 0 Å². The molecule has 1 aromatic carbocycles. The highest BCUT2D eigenvalue weighted by molar-refractivity contribution is 5.94. The van der Waals surface area contributed by atoms with Gasteiger partial charge in [0, 0.05) is 5.69 Å². The highest BCUT2D eigenvalue weighted by atomic mass is 16.1. The Hall–Kier alpha value is -2.36. The lowest BCUT2D eigenvalue weighted by Gasteiger charge is -2.02. The van der Waals surface area contributed by atoms with Gasteiger partial charge >= 0.3 is 0 Å². The summed E-state index contributed by atoms with van der Waals surface area (Å²) in [7, 11) is 0. The van der Waals surface area contributed by atoms with Gasteiger partial charge in [0.1, 0.15) is 5.84 Å². The van der Waals surface area contributed by atoms with Gasteiger partial charge < -0.3 is 10.7 Å². The zero-order valence-electron chi connectivity index (χ0n) is 8.53. The van der Waals surface area contributed by atoms with Gasteiger partial charge in [0.25, 0.3) is 5.56 Å². The minimum atomic E-state index is -0.339. The van der Waals surface area contributed by atoms with Crippen LogP contribution in [0.25, 0.3) is 11.3 Å². The number of rotatable bonds is 2.